The van der Waals surface area contributed by atoms with Gasteiger partial charge >= 0.3 is 6.09 Å². The normalized spacial score (nSPS) is 21.2. The van der Waals surface area contributed by atoms with Crippen LogP contribution in [0.15, 0.2) is 42.6 Å². The minimum Gasteiger partial charge on any atom is -0.450 e. The lowest BCUT2D eigenvalue weighted by molar-refractivity contribution is -0.126. The summed E-state index contributed by atoms with van der Waals surface area (Å²) < 4.78 is 4.88. The number of carbonyl (C=O) groups excluding carboxylic acids is 2. The molecule has 0 unspecified atom stereocenters. The number of anilines is 3. The Morgan fingerprint density at radius 2 is 2.07 bits per heavy atom. The lowest BCUT2D eigenvalue weighted by Gasteiger charge is -2.39. The molecule has 1 spiro atoms. The van der Waals surface area contributed by atoms with Gasteiger partial charge < -0.3 is 14.5 Å². The Bertz CT molecular complexity index is 936. The van der Waals surface area contributed by atoms with Gasteiger partial charge in [0.25, 0.3) is 0 Å². The number of hydrogen-bond donors (Lipinski definition) is 1. The van der Waals surface area contributed by atoms with E-state index in [1.54, 1.807) is 19.2 Å². The Labute approximate surface area is 181 Å². The van der Waals surface area contributed by atoms with Crippen molar-refractivity contribution >= 4 is 40.8 Å². The molecule has 1 aromatic carbocycles. The van der Waals surface area contributed by atoms with E-state index in [0.29, 0.717) is 30.4 Å². The lowest BCUT2D eigenvalue weighted by Crippen LogP contribution is -2.48. The molecule has 0 saturated carbocycles. The molecule has 1 N–H and O–H groups in total. The van der Waals surface area contributed by atoms with Gasteiger partial charge in [-0.05, 0) is 50.5 Å². The molecule has 0 bridgehead atoms. The molecule has 2 aromatic rings. The molecule has 1 aromatic heterocycles. The van der Waals surface area contributed by atoms with Crippen molar-refractivity contribution in [2.24, 2.45) is 5.41 Å². The third kappa shape index (κ3) is 3.94. The molecule has 2 fully saturated rings. The van der Waals surface area contributed by atoms with Crippen LogP contribution in [-0.4, -0.2) is 43.2 Å². The van der Waals surface area contributed by atoms with Gasteiger partial charge in [-0.25, -0.2) is 9.78 Å². The summed E-state index contributed by atoms with van der Waals surface area (Å²) in [6.45, 7) is 4.21. The first-order valence-corrected chi connectivity index (χ1v) is 10.6. The van der Waals surface area contributed by atoms with Crippen LogP contribution in [0.4, 0.5) is 22.0 Å². The minimum absolute atomic E-state index is 0.140. The maximum Gasteiger partial charge on any atom is 0.411 e. The van der Waals surface area contributed by atoms with Crippen molar-refractivity contribution in [3.8, 4) is 0 Å². The van der Waals surface area contributed by atoms with E-state index in [-0.39, 0.29) is 5.91 Å². The molecule has 0 radical (unpaired) electrons. The summed E-state index contributed by atoms with van der Waals surface area (Å²) in [5.41, 5.74) is 0.942. The first-order chi connectivity index (χ1) is 14.5. The molecule has 7 nitrogen and oxygen atoms in total. The van der Waals surface area contributed by atoms with Crippen LogP contribution >= 0.6 is 11.6 Å². The van der Waals surface area contributed by atoms with Gasteiger partial charge in [-0.1, -0.05) is 23.7 Å². The highest BCUT2D eigenvalue weighted by Gasteiger charge is 2.49. The first kappa shape index (κ1) is 20.5. The lowest BCUT2D eigenvalue weighted by atomic mass is 9.78. The van der Waals surface area contributed by atoms with Crippen molar-refractivity contribution in [3.05, 3.63) is 47.6 Å². The largest absolute Gasteiger partial charge is 0.450 e. The van der Waals surface area contributed by atoms with Gasteiger partial charge in [-0.15, -0.1) is 0 Å². The van der Waals surface area contributed by atoms with E-state index in [4.69, 9.17) is 16.3 Å². The Kier molecular flexibility index (Phi) is 5.81. The molecule has 158 valence electrons. The van der Waals surface area contributed by atoms with Crippen LogP contribution in [0.2, 0.25) is 5.02 Å². The van der Waals surface area contributed by atoms with E-state index in [0.717, 1.165) is 37.3 Å². The Hall–Kier alpha value is -2.80. The number of halogens is 1. The van der Waals surface area contributed by atoms with E-state index in [1.165, 1.54) is 0 Å². The number of para-hydroxylation sites is 1. The van der Waals surface area contributed by atoms with Crippen LogP contribution in [-0.2, 0) is 9.53 Å². The molecular formula is C22H25ClN4O3. The van der Waals surface area contributed by atoms with Crippen LogP contribution < -0.4 is 15.1 Å². The smallest absolute Gasteiger partial charge is 0.411 e. The maximum atomic E-state index is 13.4. The monoisotopic (exact) mass is 428 g/mol. The van der Waals surface area contributed by atoms with Gasteiger partial charge in [0.05, 0.1) is 34.6 Å². The third-order valence-corrected chi connectivity index (χ3v) is 6.15. The zero-order chi connectivity index (χ0) is 21.1. The van der Waals surface area contributed by atoms with E-state index in [1.807, 2.05) is 35.2 Å². The number of amides is 2. The summed E-state index contributed by atoms with van der Waals surface area (Å²) in [4.78, 5) is 33.4. The van der Waals surface area contributed by atoms with Gasteiger partial charge in [-0.2, -0.15) is 0 Å². The third-order valence-electron chi connectivity index (χ3n) is 5.83. The summed E-state index contributed by atoms with van der Waals surface area (Å²) in [6.07, 6.45) is 3.70. The molecular weight excluding hydrogens is 404 g/mol. The number of nitrogens with one attached hydrogen (secondary N) is 1. The van der Waals surface area contributed by atoms with Gasteiger partial charge in [0.1, 0.15) is 5.82 Å². The highest BCUT2D eigenvalue weighted by Crippen LogP contribution is 2.43. The standard InChI is InChI=1S/C22H25ClN4O3/c1-2-30-21(29)25-16-8-9-19(24-14-16)26-12-5-10-22(15-26)11-13-27(20(22)28)18-7-4-3-6-17(18)23/h3-4,6-9,14H,2,5,10-13,15H2,1H3,(H,25,29)/t22-/m1/s1. The fourth-order valence-corrected chi connectivity index (χ4v) is 4.60. The molecule has 2 aliphatic heterocycles. The number of hydrogen-bond acceptors (Lipinski definition) is 5. The summed E-state index contributed by atoms with van der Waals surface area (Å²) in [7, 11) is 0. The van der Waals surface area contributed by atoms with E-state index in [9.17, 15) is 9.59 Å². The molecule has 0 aliphatic carbocycles. The van der Waals surface area contributed by atoms with Crippen molar-refractivity contribution < 1.29 is 14.3 Å². The number of piperidine rings is 1. The summed E-state index contributed by atoms with van der Waals surface area (Å²) >= 11 is 6.34. The maximum absolute atomic E-state index is 13.4. The Morgan fingerprint density at radius 3 is 2.80 bits per heavy atom. The van der Waals surface area contributed by atoms with E-state index in [2.05, 4.69) is 15.2 Å². The van der Waals surface area contributed by atoms with Gasteiger partial charge in [0.15, 0.2) is 0 Å². The highest BCUT2D eigenvalue weighted by atomic mass is 35.5. The van der Waals surface area contributed by atoms with Crippen molar-refractivity contribution in [2.75, 3.05) is 41.4 Å². The number of ether oxygens (including phenoxy) is 1. The van der Waals surface area contributed by atoms with Crippen molar-refractivity contribution in [1.29, 1.82) is 0 Å². The Balaban J connectivity index is 1.48. The summed E-state index contributed by atoms with van der Waals surface area (Å²) in [5.74, 6) is 0.938. The summed E-state index contributed by atoms with van der Waals surface area (Å²) in [6, 6.07) is 11.2. The van der Waals surface area contributed by atoms with Crippen LogP contribution in [0.3, 0.4) is 0 Å². The quantitative estimate of drug-likeness (QED) is 0.784. The van der Waals surface area contributed by atoms with Crippen molar-refractivity contribution in [1.82, 2.24) is 4.98 Å². The second-order valence-corrected chi connectivity index (χ2v) is 8.12. The summed E-state index contributed by atoms with van der Waals surface area (Å²) in [5, 5.41) is 3.24. The molecule has 2 aliphatic rings. The minimum atomic E-state index is -0.500. The molecule has 3 heterocycles. The topological polar surface area (TPSA) is 74.8 Å². The van der Waals surface area contributed by atoms with Crippen LogP contribution in [0.5, 0.6) is 0 Å². The first-order valence-electron chi connectivity index (χ1n) is 10.2. The number of pyridine rings is 1. The molecule has 2 amide bonds. The molecule has 8 heteroatoms. The highest BCUT2D eigenvalue weighted by molar-refractivity contribution is 6.34. The molecule has 4 rings (SSSR count). The number of carbonyl (C=O) groups is 2. The average molecular weight is 429 g/mol. The predicted octanol–water partition coefficient (Wildman–Crippen LogP) is 4.33. The van der Waals surface area contributed by atoms with Crippen LogP contribution in [0, 0.1) is 5.41 Å². The number of rotatable bonds is 4. The molecule has 1 atom stereocenters. The zero-order valence-corrected chi connectivity index (χ0v) is 17.7. The average Bonchev–Trinajstić information content (AvgIpc) is 3.04. The number of benzene rings is 1. The van der Waals surface area contributed by atoms with Crippen molar-refractivity contribution in [3.63, 3.8) is 0 Å². The molecule has 30 heavy (non-hydrogen) atoms. The fraction of sp³-hybridized carbons (Fsp3) is 0.409. The van der Waals surface area contributed by atoms with Crippen molar-refractivity contribution in [2.45, 2.75) is 26.2 Å². The van der Waals surface area contributed by atoms with Gasteiger partial charge in [-0.3, -0.25) is 10.1 Å². The van der Waals surface area contributed by atoms with Gasteiger partial charge in [0.2, 0.25) is 5.91 Å². The molecule has 2 saturated heterocycles. The fourth-order valence-electron chi connectivity index (χ4n) is 4.36. The zero-order valence-electron chi connectivity index (χ0n) is 16.9. The van der Waals surface area contributed by atoms with E-state index < -0.39 is 11.5 Å². The Morgan fingerprint density at radius 1 is 1.23 bits per heavy atom. The van der Waals surface area contributed by atoms with Crippen LogP contribution in [0.1, 0.15) is 26.2 Å². The second-order valence-electron chi connectivity index (χ2n) is 7.71. The SMILES string of the molecule is CCOC(=O)Nc1ccc(N2CCC[C@@]3(CCN(c4ccccc4Cl)C3=O)C2)nc1. The number of nitrogens with zero attached hydrogens (tertiary/aromatic N) is 3. The van der Waals surface area contributed by atoms with E-state index >= 15 is 0 Å². The van der Waals surface area contributed by atoms with Gasteiger partial charge in [0, 0.05) is 19.6 Å². The van der Waals surface area contributed by atoms with Crippen LogP contribution in [0.25, 0.3) is 0 Å². The predicted molar refractivity (Wildman–Crippen MR) is 117 cm³/mol. The second kappa shape index (κ2) is 8.52. The number of aromatic nitrogens is 1.